The molecule has 35 heavy (non-hydrogen) atoms. The molecule has 2 saturated carbocycles. The minimum Gasteiger partial charge on any atom is -0.504 e. The third-order valence-corrected chi connectivity index (χ3v) is 7.68. The Bertz CT molecular complexity index is 1250. The van der Waals surface area contributed by atoms with E-state index in [2.05, 4.69) is 29.3 Å². The minimum absolute atomic E-state index is 0.0699. The fourth-order valence-corrected chi connectivity index (χ4v) is 5.47. The van der Waals surface area contributed by atoms with Gasteiger partial charge in [0.05, 0.1) is 27.3 Å². The molecule has 6 nitrogen and oxygen atoms in total. The number of nitrogens with one attached hydrogen (secondary N) is 1. The van der Waals surface area contributed by atoms with Gasteiger partial charge in [0.2, 0.25) is 0 Å². The summed E-state index contributed by atoms with van der Waals surface area (Å²) in [5, 5.41) is 13.4. The standard InChI is InChI=1S/C27H30ClFN4O2/c1-33(2)14-16-3-5-18(6-4-16)31-24-19(27(15-34)9-10-27)13-30-23-8-7-22(32-25(23)24)17-11-20(28)26(35)21(29)12-17/h7-8,11-13,15-16,18,35H,3-6,9-10,14H2,1-2H3,(H,30,31)/t16-,18-. The van der Waals surface area contributed by atoms with E-state index >= 15 is 0 Å². The molecule has 0 bridgehead atoms. The Morgan fingerprint density at radius 3 is 2.60 bits per heavy atom. The van der Waals surface area contributed by atoms with Crippen molar-refractivity contribution in [3.05, 3.63) is 46.9 Å². The quantitative estimate of drug-likeness (QED) is 0.417. The predicted octanol–water partition coefficient (Wildman–Crippen LogP) is 5.56. The van der Waals surface area contributed by atoms with Gasteiger partial charge in [-0.2, -0.15) is 0 Å². The van der Waals surface area contributed by atoms with Gasteiger partial charge in [-0.3, -0.25) is 4.98 Å². The van der Waals surface area contributed by atoms with Crippen molar-refractivity contribution in [1.29, 1.82) is 0 Å². The van der Waals surface area contributed by atoms with Crippen LogP contribution in [0.5, 0.6) is 5.75 Å². The summed E-state index contributed by atoms with van der Waals surface area (Å²) in [5.74, 6) is -0.679. The van der Waals surface area contributed by atoms with Gasteiger partial charge in [-0.25, -0.2) is 9.37 Å². The number of halogens is 2. The lowest BCUT2D eigenvalue weighted by Gasteiger charge is -2.32. The largest absolute Gasteiger partial charge is 0.504 e. The van der Waals surface area contributed by atoms with E-state index in [1.807, 2.05) is 12.3 Å². The van der Waals surface area contributed by atoms with Crippen molar-refractivity contribution >= 4 is 34.6 Å². The van der Waals surface area contributed by atoms with Gasteiger partial charge in [-0.1, -0.05) is 11.6 Å². The molecule has 2 aliphatic rings. The SMILES string of the molecule is CN(C)C[C@H]1CC[C@H](Nc2c(C3(C=O)CC3)cnc3ccc(-c4cc(F)c(O)c(Cl)c4)nc23)CC1. The Morgan fingerprint density at radius 1 is 1.23 bits per heavy atom. The lowest BCUT2D eigenvalue weighted by molar-refractivity contribution is -0.109. The lowest BCUT2D eigenvalue weighted by Crippen LogP contribution is -2.31. The highest BCUT2D eigenvalue weighted by Crippen LogP contribution is 2.50. The Kier molecular flexibility index (Phi) is 6.40. The molecule has 5 rings (SSSR count). The van der Waals surface area contributed by atoms with Crippen LogP contribution in [0.3, 0.4) is 0 Å². The normalized spacial score (nSPS) is 21.3. The first kappa shape index (κ1) is 23.9. The van der Waals surface area contributed by atoms with Gasteiger partial charge in [0.15, 0.2) is 11.6 Å². The van der Waals surface area contributed by atoms with Crippen LogP contribution in [0.1, 0.15) is 44.1 Å². The van der Waals surface area contributed by atoms with E-state index < -0.39 is 17.0 Å². The van der Waals surface area contributed by atoms with Gasteiger partial charge < -0.3 is 20.1 Å². The van der Waals surface area contributed by atoms with E-state index in [4.69, 9.17) is 16.6 Å². The van der Waals surface area contributed by atoms with Gasteiger partial charge >= 0.3 is 0 Å². The number of aromatic hydroxyl groups is 1. The number of hydrogen-bond donors (Lipinski definition) is 2. The summed E-state index contributed by atoms with van der Waals surface area (Å²) in [6, 6.07) is 6.61. The monoisotopic (exact) mass is 496 g/mol. The lowest BCUT2D eigenvalue weighted by atomic mass is 9.85. The van der Waals surface area contributed by atoms with Crippen LogP contribution in [-0.4, -0.2) is 52.9 Å². The van der Waals surface area contributed by atoms with Crippen molar-refractivity contribution in [2.75, 3.05) is 26.0 Å². The summed E-state index contributed by atoms with van der Waals surface area (Å²) in [7, 11) is 4.23. The number of hydrogen-bond acceptors (Lipinski definition) is 6. The molecular weight excluding hydrogens is 467 g/mol. The van der Waals surface area contributed by atoms with Crippen molar-refractivity contribution in [3.8, 4) is 17.0 Å². The van der Waals surface area contributed by atoms with Crippen LogP contribution in [0.25, 0.3) is 22.3 Å². The van der Waals surface area contributed by atoms with E-state index in [9.17, 15) is 14.3 Å². The smallest absolute Gasteiger partial charge is 0.170 e. The van der Waals surface area contributed by atoms with Crippen LogP contribution < -0.4 is 5.32 Å². The summed E-state index contributed by atoms with van der Waals surface area (Å²) in [5.41, 5.74) is 3.56. The van der Waals surface area contributed by atoms with Gasteiger partial charge in [-0.05, 0) is 82.8 Å². The van der Waals surface area contributed by atoms with Crippen LogP contribution in [-0.2, 0) is 10.2 Å². The van der Waals surface area contributed by atoms with Crippen molar-refractivity contribution in [1.82, 2.24) is 14.9 Å². The summed E-state index contributed by atoms with van der Waals surface area (Å²) in [6.07, 6.45) is 8.84. The summed E-state index contributed by atoms with van der Waals surface area (Å²) in [4.78, 5) is 23.8. The molecule has 0 unspecified atom stereocenters. The van der Waals surface area contributed by atoms with Gasteiger partial charge in [0.25, 0.3) is 0 Å². The highest BCUT2D eigenvalue weighted by Gasteiger charge is 2.47. The maximum absolute atomic E-state index is 14.2. The van der Waals surface area contributed by atoms with Crippen molar-refractivity contribution in [3.63, 3.8) is 0 Å². The number of aromatic nitrogens is 2. The maximum Gasteiger partial charge on any atom is 0.170 e. The number of phenolic OH excluding ortho intramolecular Hbond substituents is 1. The molecule has 0 spiro atoms. The number of nitrogens with zero attached hydrogens (tertiary/aromatic N) is 3. The van der Waals surface area contributed by atoms with Crippen molar-refractivity contribution in [2.45, 2.75) is 50.0 Å². The van der Waals surface area contributed by atoms with Crippen LogP contribution >= 0.6 is 11.6 Å². The number of phenols is 1. The highest BCUT2D eigenvalue weighted by molar-refractivity contribution is 6.32. The number of carbonyl (C=O) groups excluding carboxylic acids is 1. The zero-order chi connectivity index (χ0) is 24.7. The zero-order valence-electron chi connectivity index (χ0n) is 20.0. The maximum atomic E-state index is 14.2. The van der Waals surface area contributed by atoms with E-state index in [1.54, 1.807) is 6.07 Å². The van der Waals surface area contributed by atoms with Crippen molar-refractivity contribution < 1.29 is 14.3 Å². The van der Waals surface area contributed by atoms with Crippen LogP contribution in [0.15, 0.2) is 30.5 Å². The van der Waals surface area contributed by atoms with Crippen LogP contribution in [0.4, 0.5) is 10.1 Å². The fourth-order valence-electron chi connectivity index (χ4n) is 5.26. The molecule has 0 radical (unpaired) electrons. The summed E-state index contributed by atoms with van der Waals surface area (Å²) < 4.78 is 14.2. The second kappa shape index (κ2) is 9.36. The zero-order valence-corrected chi connectivity index (χ0v) is 20.8. The molecular formula is C27H30ClFN4O2. The number of pyridine rings is 2. The van der Waals surface area contributed by atoms with E-state index in [-0.39, 0.29) is 11.1 Å². The molecule has 0 aliphatic heterocycles. The predicted molar refractivity (Wildman–Crippen MR) is 137 cm³/mol. The summed E-state index contributed by atoms with van der Waals surface area (Å²) >= 11 is 6.02. The average molecular weight is 497 g/mol. The number of carbonyl (C=O) groups is 1. The molecule has 184 valence electrons. The Balaban J connectivity index is 1.54. The Morgan fingerprint density at radius 2 is 1.97 bits per heavy atom. The molecule has 0 saturated heterocycles. The number of benzene rings is 1. The Hall–Kier alpha value is -2.77. The fraction of sp³-hybridized carbons (Fsp3) is 0.444. The Labute approximate surface area is 209 Å². The van der Waals surface area contributed by atoms with Gasteiger partial charge in [-0.15, -0.1) is 0 Å². The minimum atomic E-state index is -0.799. The first-order valence-electron chi connectivity index (χ1n) is 12.2. The molecule has 8 heteroatoms. The molecule has 2 heterocycles. The molecule has 2 N–H and O–H groups in total. The van der Waals surface area contributed by atoms with E-state index in [0.29, 0.717) is 28.2 Å². The topological polar surface area (TPSA) is 78.4 Å². The van der Waals surface area contributed by atoms with E-state index in [0.717, 1.165) is 62.6 Å². The third kappa shape index (κ3) is 4.71. The van der Waals surface area contributed by atoms with E-state index in [1.165, 1.54) is 12.1 Å². The average Bonchev–Trinajstić information content (AvgIpc) is 3.64. The van der Waals surface area contributed by atoms with Crippen LogP contribution in [0, 0.1) is 11.7 Å². The molecule has 3 aromatic rings. The van der Waals surface area contributed by atoms with Gasteiger partial charge in [0.1, 0.15) is 11.8 Å². The number of aldehydes is 1. The van der Waals surface area contributed by atoms with Crippen LogP contribution in [0.2, 0.25) is 5.02 Å². The van der Waals surface area contributed by atoms with Gasteiger partial charge in [0, 0.05) is 29.9 Å². The second-order valence-electron chi connectivity index (χ2n) is 10.3. The molecule has 1 aromatic carbocycles. The first-order chi connectivity index (χ1) is 16.8. The summed E-state index contributed by atoms with van der Waals surface area (Å²) in [6.45, 7) is 1.10. The highest BCUT2D eigenvalue weighted by atomic mass is 35.5. The molecule has 2 aliphatic carbocycles. The number of rotatable bonds is 7. The molecule has 0 amide bonds. The first-order valence-corrected chi connectivity index (χ1v) is 12.5. The molecule has 2 aromatic heterocycles. The molecule has 2 fully saturated rings. The number of anilines is 1. The molecule has 0 atom stereocenters. The number of fused-ring (bicyclic) bond motifs is 1. The third-order valence-electron chi connectivity index (χ3n) is 7.39. The van der Waals surface area contributed by atoms with Crippen molar-refractivity contribution in [2.24, 2.45) is 5.92 Å². The second-order valence-corrected chi connectivity index (χ2v) is 10.7.